The molecule has 1 aromatic rings. The second-order valence-corrected chi connectivity index (χ2v) is 6.12. The fraction of sp³-hybridized carbons (Fsp3) is 0.600. The Bertz CT molecular complexity index is 495. The van der Waals surface area contributed by atoms with Crippen LogP contribution in [0.15, 0.2) is 12.1 Å². The number of hydrogen-bond donors (Lipinski definition) is 1. The first-order chi connectivity index (χ1) is 9.67. The third kappa shape index (κ3) is 2.73. The SMILES string of the molecule is COc1cc(Cl)cc(CN2CCN3CCCC3C2)c1O. The fourth-order valence-corrected chi connectivity index (χ4v) is 3.58. The van der Waals surface area contributed by atoms with Crippen LogP contribution in [0.3, 0.4) is 0 Å². The number of piperazine rings is 1. The molecule has 0 aliphatic carbocycles. The van der Waals surface area contributed by atoms with Crippen molar-refractivity contribution >= 4 is 11.6 Å². The van der Waals surface area contributed by atoms with Gasteiger partial charge < -0.3 is 9.84 Å². The second-order valence-electron chi connectivity index (χ2n) is 5.68. The molecule has 2 saturated heterocycles. The average molecular weight is 297 g/mol. The number of fused-ring (bicyclic) bond motifs is 1. The summed E-state index contributed by atoms with van der Waals surface area (Å²) in [5.74, 6) is 0.665. The maximum absolute atomic E-state index is 10.2. The number of nitrogens with zero attached hydrogens (tertiary/aromatic N) is 2. The smallest absolute Gasteiger partial charge is 0.162 e. The largest absolute Gasteiger partial charge is 0.504 e. The van der Waals surface area contributed by atoms with Crippen LogP contribution < -0.4 is 4.74 Å². The first-order valence-corrected chi connectivity index (χ1v) is 7.57. The van der Waals surface area contributed by atoms with E-state index in [1.165, 1.54) is 19.4 Å². The van der Waals surface area contributed by atoms with Gasteiger partial charge in [-0.3, -0.25) is 9.80 Å². The predicted octanol–water partition coefficient (Wildman–Crippen LogP) is 2.33. The first kappa shape index (κ1) is 14.0. The average Bonchev–Trinajstić information content (AvgIpc) is 2.90. The summed E-state index contributed by atoms with van der Waals surface area (Å²) in [4.78, 5) is 4.98. The number of phenolic OH excluding ortho intramolecular Hbond substituents is 1. The highest BCUT2D eigenvalue weighted by molar-refractivity contribution is 6.30. The van der Waals surface area contributed by atoms with Crippen LogP contribution >= 0.6 is 11.6 Å². The third-order valence-electron chi connectivity index (χ3n) is 4.40. The van der Waals surface area contributed by atoms with Crippen molar-refractivity contribution in [3.05, 3.63) is 22.7 Å². The van der Waals surface area contributed by atoms with Crippen LogP contribution in [0.5, 0.6) is 11.5 Å². The summed E-state index contributed by atoms with van der Waals surface area (Å²) in [5.41, 5.74) is 0.848. The van der Waals surface area contributed by atoms with Gasteiger partial charge in [-0.05, 0) is 25.5 Å². The molecule has 1 unspecified atom stereocenters. The van der Waals surface area contributed by atoms with Crippen molar-refractivity contribution in [2.45, 2.75) is 25.4 Å². The number of hydrogen-bond acceptors (Lipinski definition) is 4. The van der Waals surface area contributed by atoms with Crippen molar-refractivity contribution in [1.29, 1.82) is 0 Å². The van der Waals surface area contributed by atoms with Gasteiger partial charge in [-0.25, -0.2) is 0 Å². The van der Waals surface area contributed by atoms with Crippen LogP contribution in [0.2, 0.25) is 5.02 Å². The zero-order valence-electron chi connectivity index (χ0n) is 11.8. The molecule has 2 fully saturated rings. The Morgan fingerprint density at radius 1 is 1.35 bits per heavy atom. The van der Waals surface area contributed by atoms with Crippen LogP contribution in [0.25, 0.3) is 0 Å². The van der Waals surface area contributed by atoms with E-state index < -0.39 is 0 Å². The van der Waals surface area contributed by atoms with Crippen LogP contribution in [-0.4, -0.2) is 54.2 Å². The van der Waals surface area contributed by atoms with E-state index in [2.05, 4.69) is 9.80 Å². The van der Waals surface area contributed by atoms with Gasteiger partial charge >= 0.3 is 0 Å². The summed E-state index contributed by atoms with van der Waals surface area (Å²) in [7, 11) is 1.55. The van der Waals surface area contributed by atoms with E-state index in [9.17, 15) is 5.11 Å². The Morgan fingerprint density at radius 3 is 3.00 bits per heavy atom. The quantitative estimate of drug-likeness (QED) is 0.929. The van der Waals surface area contributed by atoms with Crippen molar-refractivity contribution in [3.63, 3.8) is 0 Å². The molecule has 1 aromatic carbocycles. The van der Waals surface area contributed by atoms with Crippen molar-refractivity contribution in [1.82, 2.24) is 9.80 Å². The Balaban J connectivity index is 1.73. The number of benzene rings is 1. The minimum Gasteiger partial charge on any atom is -0.504 e. The monoisotopic (exact) mass is 296 g/mol. The van der Waals surface area contributed by atoms with Crippen LogP contribution in [0.1, 0.15) is 18.4 Å². The molecule has 20 heavy (non-hydrogen) atoms. The number of methoxy groups -OCH3 is 1. The van der Waals surface area contributed by atoms with Crippen LogP contribution in [-0.2, 0) is 6.54 Å². The molecule has 1 atom stereocenters. The van der Waals surface area contributed by atoms with Gasteiger partial charge in [-0.1, -0.05) is 11.6 Å². The highest BCUT2D eigenvalue weighted by atomic mass is 35.5. The standard InChI is InChI=1S/C15H21ClN2O2/c1-20-14-8-12(16)7-11(15(14)19)9-17-5-6-18-4-2-3-13(18)10-17/h7-8,13,19H,2-6,9-10H2,1H3. The lowest BCUT2D eigenvalue weighted by molar-refractivity contribution is 0.0986. The van der Waals surface area contributed by atoms with Gasteiger partial charge in [0, 0.05) is 48.9 Å². The topological polar surface area (TPSA) is 35.9 Å². The lowest BCUT2D eigenvalue weighted by Crippen LogP contribution is -2.49. The molecule has 2 heterocycles. The highest BCUT2D eigenvalue weighted by Crippen LogP contribution is 2.34. The van der Waals surface area contributed by atoms with Crippen LogP contribution in [0, 0.1) is 0 Å². The van der Waals surface area contributed by atoms with Gasteiger partial charge in [0.1, 0.15) is 0 Å². The van der Waals surface area contributed by atoms with Gasteiger partial charge in [0.25, 0.3) is 0 Å². The summed E-state index contributed by atoms with van der Waals surface area (Å²) in [6, 6.07) is 4.17. The van der Waals surface area contributed by atoms with E-state index in [0.717, 1.165) is 31.7 Å². The molecule has 2 aliphatic heterocycles. The minimum atomic E-state index is 0.214. The first-order valence-electron chi connectivity index (χ1n) is 7.19. The molecule has 0 saturated carbocycles. The molecule has 5 heteroatoms. The zero-order valence-corrected chi connectivity index (χ0v) is 12.6. The van der Waals surface area contributed by atoms with Crippen molar-refractivity contribution in [2.75, 3.05) is 33.3 Å². The van der Waals surface area contributed by atoms with Crippen molar-refractivity contribution in [3.8, 4) is 11.5 Å². The lowest BCUT2D eigenvalue weighted by Gasteiger charge is -2.37. The lowest BCUT2D eigenvalue weighted by atomic mass is 10.1. The Kier molecular flexibility index (Phi) is 4.06. The number of ether oxygens (including phenoxy) is 1. The summed E-state index contributed by atoms with van der Waals surface area (Å²) < 4.78 is 5.16. The van der Waals surface area contributed by atoms with E-state index in [1.54, 1.807) is 13.2 Å². The summed E-state index contributed by atoms with van der Waals surface area (Å²) >= 11 is 6.09. The molecule has 0 radical (unpaired) electrons. The maximum Gasteiger partial charge on any atom is 0.162 e. The number of rotatable bonds is 3. The molecule has 0 aromatic heterocycles. The normalized spacial score (nSPS) is 23.8. The van der Waals surface area contributed by atoms with Gasteiger partial charge in [-0.2, -0.15) is 0 Å². The van der Waals surface area contributed by atoms with E-state index in [-0.39, 0.29) is 5.75 Å². The highest BCUT2D eigenvalue weighted by Gasteiger charge is 2.30. The molecule has 1 N–H and O–H groups in total. The Hall–Kier alpha value is -0.970. The molecule has 3 rings (SSSR count). The summed E-state index contributed by atoms with van der Waals surface area (Å²) in [6.45, 7) is 5.23. The van der Waals surface area contributed by atoms with Gasteiger partial charge in [-0.15, -0.1) is 0 Å². The maximum atomic E-state index is 10.2. The van der Waals surface area contributed by atoms with Crippen molar-refractivity contribution in [2.24, 2.45) is 0 Å². The third-order valence-corrected chi connectivity index (χ3v) is 4.62. The Labute approximate surface area is 124 Å². The second kappa shape index (κ2) is 5.80. The molecule has 110 valence electrons. The fourth-order valence-electron chi connectivity index (χ4n) is 3.34. The predicted molar refractivity (Wildman–Crippen MR) is 79.5 cm³/mol. The molecular weight excluding hydrogens is 276 g/mol. The summed E-state index contributed by atoms with van der Waals surface area (Å²) in [5, 5.41) is 10.8. The van der Waals surface area contributed by atoms with E-state index in [0.29, 0.717) is 16.8 Å². The van der Waals surface area contributed by atoms with E-state index in [4.69, 9.17) is 16.3 Å². The Morgan fingerprint density at radius 2 is 2.20 bits per heavy atom. The molecule has 4 nitrogen and oxygen atoms in total. The number of aromatic hydroxyl groups is 1. The van der Waals surface area contributed by atoms with Crippen molar-refractivity contribution < 1.29 is 9.84 Å². The van der Waals surface area contributed by atoms with Gasteiger partial charge in [0.05, 0.1) is 7.11 Å². The molecule has 0 amide bonds. The number of halogens is 1. The number of phenols is 1. The van der Waals surface area contributed by atoms with Gasteiger partial charge in [0.2, 0.25) is 0 Å². The molecule has 2 aliphatic rings. The van der Waals surface area contributed by atoms with Gasteiger partial charge in [0.15, 0.2) is 11.5 Å². The van der Waals surface area contributed by atoms with E-state index in [1.807, 2.05) is 6.07 Å². The summed E-state index contributed by atoms with van der Waals surface area (Å²) in [6.07, 6.45) is 2.61. The van der Waals surface area contributed by atoms with E-state index >= 15 is 0 Å². The molecular formula is C15H21ClN2O2. The van der Waals surface area contributed by atoms with Crippen LogP contribution in [0.4, 0.5) is 0 Å². The minimum absolute atomic E-state index is 0.214. The zero-order chi connectivity index (χ0) is 14.1. The molecule has 0 spiro atoms. The molecule has 0 bridgehead atoms.